The average molecular weight is 505 g/mol. The molecule has 1 aliphatic carbocycles. The van der Waals surface area contributed by atoms with Crippen molar-refractivity contribution in [3.05, 3.63) is 151 Å². The predicted octanol–water partition coefficient (Wildman–Crippen LogP) is 10.1. The molecular formula is C37H32N2. The Morgan fingerprint density at radius 2 is 1.21 bits per heavy atom. The molecule has 0 amide bonds. The quantitative estimate of drug-likeness (QED) is 0.233. The standard InChI is InChI=1S/C37H32N2/c1-27-10-8-9-15-35(27)36-26-34(24-25-37(36)38)39(32-20-16-30(17-21-32)28-11-4-2-5-12-28)33-22-18-31(19-23-33)29-13-6-3-7-14-29/h2-6,8-13,15-26H,7,14,38H2,1H3. The van der Waals surface area contributed by atoms with E-state index in [-0.39, 0.29) is 0 Å². The largest absolute Gasteiger partial charge is 0.398 e. The molecule has 2 heteroatoms. The van der Waals surface area contributed by atoms with Gasteiger partial charge in [-0.15, -0.1) is 0 Å². The highest BCUT2D eigenvalue weighted by molar-refractivity contribution is 5.86. The summed E-state index contributed by atoms with van der Waals surface area (Å²) < 4.78 is 0. The summed E-state index contributed by atoms with van der Waals surface area (Å²) in [6.45, 7) is 2.13. The zero-order valence-corrected chi connectivity index (χ0v) is 22.2. The molecule has 0 fully saturated rings. The Balaban J connectivity index is 1.45. The lowest BCUT2D eigenvalue weighted by Crippen LogP contribution is -2.10. The third kappa shape index (κ3) is 5.15. The molecule has 0 unspecified atom stereocenters. The van der Waals surface area contributed by atoms with E-state index in [1.54, 1.807) is 0 Å². The summed E-state index contributed by atoms with van der Waals surface area (Å²) in [6, 6.07) is 43.0. The smallest absolute Gasteiger partial charge is 0.0469 e. The van der Waals surface area contributed by atoms with E-state index in [2.05, 4.69) is 145 Å². The Morgan fingerprint density at radius 3 is 1.87 bits per heavy atom. The fraction of sp³-hybridized carbons (Fsp3) is 0.0811. The summed E-state index contributed by atoms with van der Waals surface area (Å²) in [5, 5.41) is 0. The van der Waals surface area contributed by atoms with Gasteiger partial charge < -0.3 is 10.6 Å². The van der Waals surface area contributed by atoms with Crippen molar-refractivity contribution < 1.29 is 0 Å². The second kappa shape index (κ2) is 10.9. The Labute approximate surface area is 231 Å². The maximum Gasteiger partial charge on any atom is 0.0469 e. The number of rotatable bonds is 6. The molecule has 0 aliphatic heterocycles. The third-order valence-corrected chi connectivity index (χ3v) is 7.47. The number of nitrogen functional groups attached to an aromatic ring is 1. The van der Waals surface area contributed by atoms with Gasteiger partial charge in [-0.1, -0.05) is 97.1 Å². The molecule has 39 heavy (non-hydrogen) atoms. The van der Waals surface area contributed by atoms with Crippen molar-refractivity contribution in [1.29, 1.82) is 0 Å². The van der Waals surface area contributed by atoms with Crippen LogP contribution >= 0.6 is 0 Å². The van der Waals surface area contributed by atoms with E-state index in [0.29, 0.717) is 0 Å². The van der Waals surface area contributed by atoms with E-state index >= 15 is 0 Å². The second-order valence-electron chi connectivity index (χ2n) is 10.0. The molecule has 0 atom stereocenters. The predicted molar refractivity (Wildman–Crippen MR) is 167 cm³/mol. The van der Waals surface area contributed by atoms with Crippen LogP contribution in [0.25, 0.3) is 27.8 Å². The van der Waals surface area contributed by atoms with Crippen molar-refractivity contribution in [1.82, 2.24) is 0 Å². The number of aryl methyl sites for hydroxylation is 1. The number of anilines is 4. The maximum absolute atomic E-state index is 6.52. The van der Waals surface area contributed by atoms with Crippen LogP contribution in [-0.4, -0.2) is 0 Å². The summed E-state index contributed by atoms with van der Waals surface area (Å²) in [6.07, 6.45) is 8.80. The van der Waals surface area contributed by atoms with Crippen LogP contribution < -0.4 is 10.6 Å². The molecule has 0 saturated heterocycles. The summed E-state index contributed by atoms with van der Waals surface area (Å²) in [5.74, 6) is 0. The van der Waals surface area contributed by atoms with E-state index < -0.39 is 0 Å². The number of benzene rings is 5. The first-order chi connectivity index (χ1) is 19.2. The molecule has 2 nitrogen and oxygen atoms in total. The molecule has 190 valence electrons. The number of hydrogen-bond donors (Lipinski definition) is 1. The van der Waals surface area contributed by atoms with Crippen LogP contribution in [-0.2, 0) is 0 Å². The molecule has 0 aromatic heterocycles. The first kappa shape index (κ1) is 24.5. The molecule has 5 aromatic carbocycles. The minimum absolute atomic E-state index is 0.778. The van der Waals surface area contributed by atoms with Gasteiger partial charge in [-0.3, -0.25) is 0 Å². The third-order valence-electron chi connectivity index (χ3n) is 7.47. The lowest BCUT2D eigenvalue weighted by atomic mass is 9.96. The molecular weight excluding hydrogens is 472 g/mol. The van der Waals surface area contributed by atoms with Gasteiger partial charge in [-0.2, -0.15) is 0 Å². The lowest BCUT2D eigenvalue weighted by Gasteiger charge is -2.27. The van der Waals surface area contributed by atoms with Gasteiger partial charge >= 0.3 is 0 Å². The Morgan fingerprint density at radius 1 is 0.590 bits per heavy atom. The highest BCUT2D eigenvalue weighted by Gasteiger charge is 2.16. The Bertz CT molecular complexity index is 1640. The van der Waals surface area contributed by atoms with Gasteiger partial charge in [-0.25, -0.2) is 0 Å². The Hall–Kier alpha value is -4.82. The Kier molecular flexibility index (Phi) is 6.84. The van der Waals surface area contributed by atoms with Crippen LogP contribution in [0, 0.1) is 6.92 Å². The van der Waals surface area contributed by atoms with E-state index in [4.69, 9.17) is 5.73 Å². The van der Waals surface area contributed by atoms with Gasteiger partial charge in [0.15, 0.2) is 0 Å². The normalized spacial score (nSPS) is 12.7. The van der Waals surface area contributed by atoms with Crippen molar-refractivity contribution in [2.24, 2.45) is 0 Å². The molecule has 0 radical (unpaired) electrons. The lowest BCUT2D eigenvalue weighted by molar-refractivity contribution is 1.05. The van der Waals surface area contributed by atoms with Gasteiger partial charge in [0.25, 0.3) is 0 Å². The van der Waals surface area contributed by atoms with Gasteiger partial charge in [0, 0.05) is 28.3 Å². The van der Waals surface area contributed by atoms with Gasteiger partial charge in [0.2, 0.25) is 0 Å². The van der Waals surface area contributed by atoms with Crippen LogP contribution in [0.2, 0.25) is 0 Å². The van der Waals surface area contributed by atoms with Gasteiger partial charge in [-0.05, 0) is 95.6 Å². The number of nitrogens with two attached hydrogens (primary N) is 1. The van der Waals surface area contributed by atoms with Crippen LogP contribution in [0.4, 0.5) is 22.7 Å². The second-order valence-corrected chi connectivity index (χ2v) is 10.0. The zero-order chi connectivity index (χ0) is 26.6. The summed E-state index contributed by atoms with van der Waals surface area (Å²) in [4.78, 5) is 2.31. The molecule has 0 heterocycles. The minimum Gasteiger partial charge on any atom is -0.398 e. The monoisotopic (exact) mass is 504 g/mol. The number of nitrogens with zero attached hydrogens (tertiary/aromatic N) is 1. The van der Waals surface area contributed by atoms with Gasteiger partial charge in [0.1, 0.15) is 0 Å². The molecule has 0 saturated carbocycles. The van der Waals surface area contributed by atoms with E-state index in [1.165, 1.54) is 27.8 Å². The molecule has 2 N–H and O–H groups in total. The highest BCUT2D eigenvalue weighted by atomic mass is 15.1. The summed E-state index contributed by atoms with van der Waals surface area (Å²) in [5.41, 5.74) is 19.1. The van der Waals surface area contributed by atoms with Crippen molar-refractivity contribution in [3.8, 4) is 22.3 Å². The highest BCUT2D eigenvalue weighted by Crippen LogP contribution is 2.40. The zero-order valence-electron chi connectivity index (χ0n) is 22.2. The first-order valence-corrected chi connectivity index (χ1v) is 13.5. The van der Waals surface area contributed by atoms with E-state index in [1.807, 2.05) is 6.07 Å². The molecule has 1 aliphatic rings. The topological polar surface area (TPSA) is 29.3 Å². The fourth-order valence-electron chi connectivity index (χ4n) is 5.34. The number of allylic oxidation sites excluding steroid dienone is 4. The van der Waals surface area contributed by atoms with Crippen molar-refractivity contribution in [2.75, 3.05) is 10.6 Å². The SMILES string of the molecule is Cc1ccccc1-c1cc(N(c2ccc(C3=CC=CCC3)cc2)c2ccc(-c3ccccc3)cc2)ccc1N. The molecule has 0 bridgehead atoms. The van der Waals surface area contributed by atoms with E-state index in [9.17, 15) is 0 Å². The van der Waals surface area contributed by atoms with Crippen LogP contribution in [0.15, 0.2) is 140 Å². The van der Waals surface area contributed by atoms with Crippen LogP contribution in [0.1, 0.15) is 24.0 Å². The average Bonchev–Trinajstić information content (AvgIpc) is 3.00. The van der Waals surface area contributed by atoms with Gasteiger partial charge in [0.05, 0.1) is 0 Å². The van der Waals surface area contributed by atoms with Crippen molar-refractivity contribution in [2.45, 2.75) is 19.8 Å². The van der Waals surface area contributed by atoms with Crippen molar-refractivity contribution in [3.63, 3.8) is 0 Å². The molecule has 5 aromatic rings. The van der Waals surface area contributed by atoms with E-state index in [0.717, 1.165) is 46.7 Å². The van der Waals surface area contributed by atoms with Crippen LogP contribution in [0.3, 0.4) is 0 Å². The molecule has 0 spiro atoms. The van der Waals surface area contributed by atoms with Crippen LogP contribution in [0.5, 0.6) is 0 Å². The summed E-state index contributed by atoms with van der Waals surface area (Å²) in [7, 11) is 0. The maximum atomic E-state index is 6.52. The summed E-state index contributed by atoms with van der Waals surface area (Å²) >= 11 is 0. The first-order valence-electron chi connectivity index (χ1n) is 13.5. The minimum atomic E-state index is 0.778. The van der Waals surface area contributed by atoms with Crippen molar-refractivity contribution >= 4 is 28.3 Å². The fourth-order valence-corrected chi connectivity index (χ4v) is 5.34. The molecule has 6 rings (SSSR count). The number of hydrogen-bond acceptors (Lipinski definition) is 2.